The van der Waals surface area contributed by atoms with Gasteiger partial charge in [0.25, 0.3) is 10.0 Å². The minimum Gasteiger partial charge on any atom is -0.378 e. The lowest BCUT2D eigenvalue weighted by Crippen LogP contribution is -2.36. The molecule has 0 radical (unpaired) electrons. The van der Waals surface area contributed by atoms with Crippen LogP contribution in [0.25, 0.3) is 0 Å². The Balaban J connectivity index is 1.78. The molecule has 1 aromatic carbocycles. The molecule has 0 spiro atoms. The second kappa shape index (κ2) is 6.78. The first kappa shape index (κ1) is 16.7. The molecule has 24 heavy (non-hydrogen) atoms. The Labute approximate surface area is 142 Å². The maximum absolute atomic E-state index is 12.6. The van der Waals surface area contributed by atoms with Gasteiger partial charge in [0, 0.05) is 13.1 Å². The van der Waals surface area contributed by atoms with Crippen molar-refractivity contribution in [2.24, 2.45) is 0 Å². The standard InChI is InChI=1S/C17H21N3O3S/c1-13-3-4-14(2)16(11-13)24(21,22)19-17-6-5-15(12-18-17)20-7-9-23-10-8-20/h3-6,11-12H,7-10H2,1-2H3,(H,18,19). The highest BCUT2D eigenvalue weighted by molar-refractivity contribution is 7.92. The Morgan fingerprint density at radius 3 is 2.54 bits per heavy atom. The van der Waals surface area contributed by atoms with Crippen LogP contribution >= 0.6 is 0 Å². The minimum atomic E-state index is -3.65. The normalized spacial score (nSPS) is 15.3. The number of nitrogens with zero attached hydrogens (tertiary/aromatic N) is 2. The number of rotatable bonds is 4. The lowest BCUT2D eigenvalue weighted by atomic mass is 10.2. The largest absolute Gasteiger partial charge is 0.378 e. The molecule has 3 rings (SSSR count). The van der Waals surface area contributed by atoms with Crippen LogP contribution in [0.4, 0.5) is 11.5 Å². The molecule has 1 saturated heterocycles. The van der Waals surface area contributed by atoms with Crippen LogP contribution in [0.3, 0.4) is 0 Å². The number of aromatic nitrogens is 1. The summed E-state index contributed by atoms with van der Waals surface area (Å²) in [7, 11) is -3.65. The zero-order chi connectivity index (χ0) is 17.2. The summed E-state index contributed by atoms with van der Waals surface area (Å²) in [5.74, 6) is 0.313. The van der Waals surface area contributed by atoms with Gasteiger partial charge < -0.3 is 9.64 Å². The molecule has 1 aliphatic heterocycles. The van der Waals surface area contributed by atoms with Gasteiger partial charge in [0.2, 0.25) is 0 Å². The molecular formula is C17H21N3O3S. The van der Waals surface area contributed by atoms with Gasteiger partial charge in [-0.1, -0.05) is 12.1 Å². The van der Waals surface area contributed by atoms with Crippen LogP contribution in [0.15, 0.2) is 41.4 Å². The van der Waals surface area contributed by atoms with Crippen LogP contribution in [-0.2, 0) is 14.8 Å². The van der Waals surface area contributed by atoms with Crippen molar-refractivity contribution in [1.29, 1.82) is 0 Å². The fourth-order valence-electron chi connectivity index (χ4n) is 2.64. The van der Waals surface area contributed by atoms with E-state index in [-0.39, 0.29) is 4.90 Å². The van der Waals surface area contributed by atoms with Gasteiger partial charge in [0.15, 0.2) is 0 Å². The summed E-state index contributed by atoms with van der Waals surface area (Å²) >= 11 is 0. The molecule has 0 bridgehead atoms. The van der Waals surface area contributed by atoms with E-state index in [1.807, 2.05) is 19.1 Å². The first-order chi connectivity index (χ1) is 11.5. The van der Waals surface area contributed by atoms with Gasteiger partial charge >= 0.3 is 0 Å². The molecule has 0 atom stereocenters. The van der Waals surface area contributed by atoms with Gasteiger partial charge in [-0.2, -0.15) is 0 Å². The van der Waals surface area contributed by atoms with Gasteiger partial charge in [0.05, 0.1) is 30.0 Å². The highest BCUT2D eigenvalue weighted by Crippen LogP contribution is 2.21. The van der Waals surface area contributed by atoms with Crippen molar-refractivity contribution in [2.75, 3.05) is 35.9 Å². The Bertz CT molecular complexity index is 813. The highest BCUT2D eigenvalue weighted by atomic mass is 32.2. The van der Waals surface area contributed by atoms with E-state index in [4.69, 9.17) is 4.74 Å². The SMILES string of the molecule is Cc1ccc(C)c(S(=O)(=O)Nc2ccc(N3CCOCC3)cn2)c1. The van der Waals surface area contributed by atoms with Gasteiger partial charge in [0.1, 0.15) is 5.82 Å². The Hall–Kier alpha value is -2.12. The van der Waals surface area contributed by atoms with E-state index < -0.39 is 10.0 Å². The molecule has 0 unspecified atom stereocenters. The van der Waals surface area contributed by atoms with E-state index in [2.05, 4.69) is 14.6 Å². The molecule has 1 fully saturated rings. The van der Waals surface area contributed by atoms with Gasteiger partial charge in [-0.15, -0.1) is 0 Å². The Morgan fingerprint density at radius 1 is 1.12 bits per heavy atom. The topological polar surface area (TPSA) is 71.5 Å². The van der Waals surface area contributed by atoms with Crippen molar-refractivity contribution < 1.29 is 13.2 Å². The van der Waals surface area contributed by atoms with Crippen LogP contribution in [-0.4, -0.2) is 39.7 Å². The molecule has 2 heterocycles. The van der Waals surface area contributed by atoms with Crippen LogP contribution in [0.2, 0.25) is 0 Å². The molecular weight excluding hydrogens is 326 g/mol. The summed E-state index contributed by atoms with van der Waals surface area (Å²) in [4.78, 5) is 6.69. The predicted octanol–water partition coefficient (Wildman–Crippen LogP) is 2.34. The fraction of sp³-hybridized carbons (Fsp3) is 0.353. The zero-order valence-corrected chi connectivity index (χ0v) is 14.6. The van der Waals surface area contributed by atoms with E-state index >= 15 is 0 Å². The number of hydrogen-bond acceptors (Lipinski definition) is 5. The number of anilines is 2. The minimum absolute atomic E-state index is 0.279. The molecule has 0 saturated carbocycles. The van der Waals surface area contributed by atoms with Crippen molar-refractivity contribution in [3.05, 3.63) is 47.7 Å². The number of morpholine rings is 1. The average molecular weight is 347 g/mol. The molecule has 6 nitrogen and oxygen atoms in total. The zero-order valence-electron chi connectivity index (χ0n) is 13.8. The lowest BCUT2D eigenvalue weighted by Gasteiger charge is -2.28. The van der Waals surface area contributed by atoms with Gasteiger partial charge in [-0.3, -0.25) is 4.72 Å². The highest BCUT2D eigenvalue weighted by Gasteiger charge is 2.18. The number of aryl methyl sites for hydroxylation is 2. The quantitative estimate of drug-likeness (QED) is 0.919. The Kier molecular flexibility index (Phi) is 4.73. The van der Waals surface area contributed by atoms with Crippen LogP contribution in [0, 0.1) is 13.8 Å². The van der Waals surface area contributed by atoms with E-state index in [1.165, 1.54) is 0 Å². The molecule has 0 aliphatic carbocycles. The second-order valence-electron chi connectivity index (χ2n) is 5.88. The van der Waals surface area contributed by atoms with E-state index in [9.17, 15) is 8.42 Å². The second-order valence-corrected chi connectivity index (χ2v) is 7.53. The molecule has 128 valence electrons. The van der Waals surface area contributed by atoms with Crippen LogP contribution in [0.1, 0.15) is 11.1 Å². The third-order valence-electron chi connectivity index (χ3n) is 4.00. The van der Waals surface area contributed by atoms with E-state index in [0.717, 1.165) is 24.3 Å². The van der Waals surface area contributed by atoms with Crippen molar-refractivity contribution in [2.45, 2.75) is 18.7 Å². The smallest absolute Gasteiger partial charge is 0.263 e. The number of nitrogens with one attached hydrogen (secondary N) is 1. The summed E-state index contributed by atoms with van der Waals surface area (Å²) in [6.07, 6.45) is 1.69. The molecule has 1 aliphatic rings. The summed E-state index contributed by atoms with van der Waals surface area (Å²) < 4.78 is 33.0. The summed E-state index contributed by atoms with van der Waals surface area (Å²) in [6.45, 7) is 6.67. The van der Waals surface area contributed by atoms with E-state index in [0.29, 0.717) is 24.6 Å². The predicted molar refractivity (Wildman–Crippen MR) is 94.0 cm³/mol. The van der Waals surface area contributed by atoms with Crippen LogP contribution in [0.5, 0.6) is 0 Å². The summed E-state index contributed by atoms with van der Waals surface area (Å²) in [5, 5.41) is 0. The fourth-order valence-corrected chi connectivity index (χ4v) is 3.98. The van der Waals surface area contributed by atoms with Gasteiger partial charge in [-0.25, -0.2) is 13.4 Å². The lowest BCUT2D eigenvalue weighted by molar-refractivity contribution is 0.122. The van der Waals surface area contributed by atoms with Crippen molar-refractivity contribution in [3.63, 3.8) is 0 Å². The summed E-state index contributed by atoms with van der Waals surface area (Å²) in [5.41, 5.74) is 2.57. The molecule has 1 N–H and O–H groups in total. The third-order valence-corrected chi connectivity index (χ3v) is 5.49. The third kappa shape index (κ3) is 3.68. The Morgan fingerprint density at radius 2 is 1.88 bits per heavy atom. The van der Waals surface area contributed by atoms with Crippen molar-refractivity contribution in [1.82, 2.24) is 4.98 Å². The average Bonchev–Trinajstić information content (AvgIpc) is 2.58. The number of benzene rings is 1. The molecule has 7 heteroatoms. The van der Waals surface area contributed by atoms with Crippen molar-refractivity contribution >= 4 is 21.5 Å². The number of hydrogen-bond donors (Lipinski definition) is 1. The monoisotopic (exact) mass is 347 g/mol. The first-order valence-electron chi connectivity index (χ1n) is 7.84. The van der Waals surface area contributed by atoms with Crippen LogP contribution < -0.4 is 9.62 Å². The first-order valence-corrected chi connectivity index (χ1v) is 9.33. The van der Waals surface area contributed by atoms with E-state index in [1.54, 1.807) is 31.3 Å². The molecule has 2 aromatic rings. The molecule has 1 aromatic heterocycles. The van der Waals surface area contributed by atoms with Gasteiger partial charge in [-0.05, 0) is 43.2 Å². The maximum atomic E-state index is 12.6. The number of sulfonamides is 1. The molecule has 0 amide bonds. The van der Waals surface area contributed by atoms with Crippen molar-refractivity contribution in [3.8, 4) is 0 Å². The number of pyridine rings is 1. The summed E-state index contributed by atoms with van der Waals surface area (Å²) in [6, 6.07) is 8.93. The maximum Gasteiger partial charge on any atom is 0.263 e. The number of ether oxygens (including phenoxy) is 1.